The van der Waals surface area contributed by atoms with Crippen molar-refractivity contribution < 1.29 is 33.8 Å². The number of amides is 3. The fraction of sp³-hybridized carbons (Fsp3) is 0.783. The van der Waals surface area contributed by atoms with Gasteiger partial charge in [-0.3, -0.25) is 24.1 Å². The van der Waals surface area contributed by atoms with Gasteiger partial charge in [-0.15, -0.1) is 0 Å². The molecule has 5 atom stereocenters. The van der Waals surface area contributed by atoms with Gasteiger partial charge in [0.1, 0.15) is 31.0 Å². The van der Waals surface area contributed by atoms with Gasteiger partial charge in [-0.1, -0.05) is 0 Å². The molecule has 3 amide bonds. The molecule has 190 valence electrons. The second kappa shape index (κ2) is 11.7. The Bertz CT molecular complexity index is 791. The Morgan fingerprint density at radius 2 is 1.79 bits per heavy atom. The van der Waals surface area contributed by atoms with Gasteiger partial charge in [-0.25, -0.2) is 0 Å². The first-order valence-corrected chi connectivity index (χ1v) is 12.1. The lowest BCUT2D eigenvalue weighted by Crippen LogP contribution is -2.57. The summed E-state index contributed by atoms with van der Waals surface area (Å²) in [7, 11) is 1.86. The third kappa shape index (κ3) is 6.12. The maximum atomic E-state index is 13.4. The number of nitrogens with zero attached hydrogens (tertiary/aromatic N) is 3. The smallest absolute Gasteiger partial charge is 0.323 e. The van der Waals surface area contributed by atoms with Crippen LogP contribution in [0.1, 0.15) is 51.9 Å². The predicted molar refractivity (Wildman–Crippen MR) is 120 cm³/mol. The fourth-order valence-corrected chi connectivity index (χ4v) is 5.02. The number of rotatable bonds is 8. The zero-order chi connectivity index (χ0) is 24.8. The normalized spacial score (nSPS) is 28.4. The second-order valence-corrected chi connectivity index (χ2v) is 9.48. The number of ether oxygens (including phenoxy) is 1. The number of aliphatic hydroxyl groups is 1. The highest BCUT2D eigenvalue weighted by Crippen LogP contribution is 2.26. The van der Waals surface area contributed by atoms with Crippen LogP contribution in [0.25, 0.3) is 0 Å². The van der Waals surface area contributed by atoms with E-state index in [0.717, 1.165) is 32.2 Å². The molecule has 3 heterocycles. The van der Waals surface area contributed by atoms with E-state index in [1.54, 1.807) is 6.92 Å². The molecule has 3 rings (SSSR count). The largest absolute Gasteiger partial charge is 0.464 e. The van der Waals surface area contributed by atoms with Crippen LogP contribution in [0.4, 0.5) is 0 Å². The summed E-state index contributed by atoms with van der Waals surface area (Å²) < 4.78 is 5.29. The van der Waals surface area contributed by atoms with Gasteiger partial charge >= 0.3 is 5.97 Å². The summed E-state index contributed by atoms with van der Waals surface area (Å²) >= 11 is 0. The van der Waals surface area contributed by atoms with Crippen molar-refractivity contribution in [1.29, 1.82) is 0 Å². The van der Waals surface area contributed by atoms with Gasteiger partial charge in [0, 0.05) is 19.5 Å². The summed E-state index contributed by atoms with van der Waals surface area (Å²) in [6.07, 6.45) is 3.41. The molecule has 34 heavy (non-hydrogen) atoms. The topological polar surface area (TPSA) is 137 Å². The molecule has 0 radical (unpaired) electrons. The predicted octanol–water partition coefficient (Wildman–Crippen LogP) is -0.940. The van der Waals surface area contributed by atoms with Crippen LogP contribution in [0.3, 0.4) is 0 Å². The number of aliphatic hydroxyl groups excluding tert-OH is 1. The first-order chi connectivity index (χ1) is 16.2. The van der Waals surface area contributed by atoms with Gasteiger partial charge < -0.3 is 29.8 Å². The number of aldehydes is 1. The van der Waals surface area contributed by atoms with Crippen LogP contribution in [-0.2, 0) is 28.7 Å². The molecule has 3 saturated heterocycles. The van der Waals surface area contributed by atoms with E-state index in [0.29, 0.717) is 19.3 Å². The SMILES string of the molecule is CC(C=O)NC(=O)C1CCCCN1C(=O)C1CC(O)CN1C(=O)CCOC(=O)C1CCCN1C. The van der Waals surface area contributed by atoms with Gasteiger partial charge in [-0.2, -0.15) is 0 Å². The van der Waals surface area contributed by atoms with Crippen LogP contribution in [-0.4, -0.2) is 113 Å². The number of likely N-dealkylation sites (tertiary alicyclic amines) is 3. The average Bonchev–Trinajstić information content (AvgIpc) is 3.43. The molecule has 3 aliphatic rings. The summed E-state index contributed by atoms with van der Waals surface area (Å²) in [5.74, 6) is -1.51. The summed E-state index contributed by atoms with van der Waals surface area (Å²) in [4.78, 5) is 66.8. The summed E-state index contributed by atoms with van der Waals surface area (Å²) in [5, 5.41) is 12.8. The van der Waals surface area contributed by atoms with Crippen molar-refractivity contribution in [3.63, 3.8) is 0 Å². The van der Waals surface area contributed by atoms with E-state index in [2.05, 4.69) is 5.32 Å². The Kier molecular flexibility index (Phi) is 9.01. The van der Waals surface area contributed by atoms with E-state index in [9.17, 15) is 29.1 Å². The summed E-state index contributed by atoms with van der Waals surface area (Å²) in [5.41, 5.74) is 0. The van der Waals surface area contributed by atoms with Gasteiger partial charge in [-0.05, 0) is 52.6 Å². The van der Waals surface area contributed by atoms with Gasteiger partial charge in [0.25, 0.3) is 0 Å². The quantitative estimate of drug-likeness (QED) is 0.336. The maximum Gasteiger partial charge on any atom is 0.323 e. The Morgan fingerprint density at radius 1 is 1.06 bits per heavy atom. The molecule has 0 spiro atoms. The standard InChI is InChI=1S/C23H36N4O7/c1-15(14-28)24-21(31)17-6-3-4-10-26(17)22(32)19-12-16(29)13-27(19)20(30)8-11-34-23(33)18-7-5-9-25(18)2/h14-19,29H,3-13H2,1-2H3,(H,24,31). The van der Waals surface area contributed by atoms with Crippen molar-refractivity contribution in [1.82, 2.24) is 20.0 Å². The molecular formula is C23H36N4O7. The third-order valence-electron chi connectivity index (χ3n) is 6.90. The van der Waals surface area contributed by atoms with Crippen LogP contribution in [0.15, 0.2) is 0 Å². The number of hydrogen-bond donors (Lipinski definition) is 2. The van der Waals surface area contributed by atoms with Crippen molar-refractivity contribution in [3.8, 4) is 0 Å². The highest BCUT2D eigenvalue weighted by Gasteiger charge is 2.44. The number of esters is 1. The number of carbonyl (C=O) groups excluding carboxylic acids is 5. The fourth-order valence-electron chi connectivity index (χ4n) is 5.02. The molecule has 0 aromatic carbocycles. The summed E-state index contributed by atoms with van der Waals surface area (Å²) in [6.45, 7) is 2.69. The molecule has 2 N–H and O–H groups in total. The molecule has 0 bridgehead atoms. The molecule has 0 aromatic rings. The van der Waals surface area contributed by atoms with Crippen LogP contribution in [0.5, 0.6) is 0 Å². The number of hydrogen-bond acceptors (Lipinski definition) is 8. The highest BCUT2D eigenvalue weighted by molar-refractivity contribution is 5.93. The Balaban J connectivity index is 1.59. The first kappa shape index (κ1) is 26.1. The van der Waals surface area contributed by atoms with Gasteiger partial charge in [0.05, 0.1) is 18.6 Å². The van der Waals surface area contributed by atoms with Crippen molar-refractivity contribution in [2.45, 2.75) is 82.1 Å². The van der Waals surface area contributed by atoms with Crippen LogP contribution >= 0.6 is 0 Å². The molecule has 0 aromatic heterocycles. The minimum Gasteiger partial charge on any atom is -0.464 e. The number of carbonyl (C=O) groups is 5. The maximum absolute atomic E-state index is 13.4. The molecule has 3 aliphatic heterocycles. The molecule has 11 heteroatoms. The summed E-state index contributed by atoms with van der Waals surface area (Å²) in [6, 6.07) is -2.55. The van der Waals surface area contributed by atoms with Gasteiger partial charge in [0.15, 0.2) is 0 Å². The molecular weight excluding hydrogens is 444 g/mol. The van der Waals surface area contributed by atoms with Crippen molar-refractivity contribution in [3.05, 3.63) is 0 Å². The van der Waals surface area contributed by atoms with E-state index in [4.69, 9.17) is 4.74 Å². The van der Waals surface area contributed by atoms with Crippen LogP contribution in [0, 0.1) is 0 Å². The lowest BCUT2D eigenvalue weighted by atomic mass is 9.99. The zero-order valence-corrected chi connectivity index (χ0v) is 20.0. The second-order valence-electron chi connectivity index (χ2n) is 9.48. The average molecular weight is 481 g/mol. The molecule has 5 unspecified atom stereocenters. The van der Waals surface area contributed by atoms with E-state index < -0.39 is 30.1 Å². The monoisotopic (exact) mass is 480 g/mol. The van der Waals surface area contributed by atoms with E-state index in [1.807, 2.05) is 11.9 Å². The van der Waals surface area contributed by atoms with E-state index in [1.165, 1.54) is 9.80 Å². The minimum absolute atomic E-state index is 0.0153. The highest BCUT2D eigenvalue weighted by atomic mass is 16.5. The number of nitrogens with one attached hydrogen (secondary N) is 1. The van der Waals surface area contributed by atoms with E-state index >= 15 is 0 Å². The van der Waals surface area contributed by atoms with Crippen molar-refractivity contribution >= 4 is 30.0 Å². The zero-order valence-electron chi connectivity index (χ0n) is 20.0. The van der Waals surface area contributed by atoms with Crippen molar-refractivity contribution in [2.75, 3.05) is 33.3 Å². The number of piperidine rings is 1. The van der Waals surface area contributed by atoms with Gasteiger partial charge in [0.2, 0.25) is 17.7 Å². The molecule has 3 fully saturated rings. The molecule has 11 nitrogen and oxygen atoms in total. The van der Waals surface area contributed by atoms with E-state index in [-0.39, 0.29) is 49.8 Å². The minimum atomic E-state index is -0.879. The first-order valence-electron chi connectivity index (χ1n) is 12.1. The van der Waals surface area contributed by atoms with Crippen LogP contribution in [0.2, 0.25) is 0 Å². The van der Waals surface area contributed by atoms with Crippen molar-refractivity contribution in [2.24, 2.45) is 0 Å². The Morgan fingerprint density at radius 3 is 2.47 bits per heavy atom. The molecule has 0 saturated carbocycles. The Labute approximate surface area is 199 Å². The Hall–Kier alpha value is -2.53. The lowest BCUT2D eigenvalue weighted by molar-refractivity contribution is -0.152. The third-order valence-corrected chi connectivity index (χ3v) is 6.90. The number of β-amino-alcohol motifs (C(OH)–C–C–N with tert-alkyl or cyclic N) is 1. The number of likely N-dealkylation sites (N-methyl/N-ethyl adjacent to an activating group) is 1. The molecule has 0 aliphatic carbocycles. The lowest BCUT2D eigenvalue weighted by Gasteiger charge is -2.38. The van der Waals surface area contributed by atoms with Crippen LogP contribution < -0.4 is 5.32 Å².